The average Bonchev–Trinajstić information content (AvgIpc) is 3.46. The summed E-state index contributed by atoms with van der Waals surface area (Å²) in [6.45, 7) is 5.82. The number of aromatic nitrogens is 1. The fourth-order valence-corrected chi connectivity index (χ4v) is 5.87. The number of amides is 1. The molecule has 3 heterocycles. The molecule has 0 atom stereocenters. The Morgan fingerprint density at radius 2 is 1.84 bits per heavy atom. The van der Waals surface area contributed by atoms with E-state index in [0.29, 0.717) is 32.4 Å². The van der Waals surface area contributed by atoms with Crippen molar-refractivity contribution in [1.82, 2.24) is 15.2 Å². The van der Waals surface area contributed by atoms with Crippen molar-refractivity contribution in [1.29, 1.82) is 0 Å². The fourth-order valence-electron chi connectivity index (χ4n) is 5.06. The van der Waals surface area contributed by atoms with Gasteiger partial charge in [0.1, 0.15) is 0 Å². The number of benzene rings is 2. The summed E-state index contributed by atoms with van der Waals surface area (Å²) in [6.07, 6.45) is 8.96. The zero-order valence-electron chi connectivity index (χ0n) is 21.9. The van der Waals surface area contributed by atoms with Crippen molar-refractivity contribution in [2.24, 2.45) is 0 Å². The molecule has 7 heteroatoms. The molecule has 3 aromatic rings. The van der Waals surface area contributed by atoms with Crippen LogP contribution in [0.2, 0.25) is 0 Å². The van der Waals surface area contributed by atoms with Crippen LogP contribution in [0, 0.1) is 0 Å². The minimum atomic E-state index is 0.0897. The van der Waals surface area contributed by atoms with E-state index in [1.165, 1.54) is 27.3 Å². The number of ketones is 1. The maximum Gasteiger partial charge on any atom is 0.222 e. The molecular weight excluding hydrogens is 492 g/mol. The highest BCUT2D eigenvalue weighted by atomic mass is 32.2. The number of fused-ring (bicyclic) bond motifs is 1. The fraction of sp³-hybridized carbons (Fsp3) is 0.323. The van der Waals surface area contributed by atoms with Crippen LogP contribution < -0.4 is 10.2 Å². The van der Waals surface area contributed by atoms with Crippen molar-refractivity contribution in [2.75, 3.05) is 43.5 Å². The van der Waals surface area contributed by atoms with Gasteiger partial charge in [-0.05, 0) is 72.5 Å². The Bertz CT molecular complexity index is 1350. The van der Waals surface area contributed by atoms with Crippen molar-refractivity contribution >= 4 is 46.1 Å². The number of hydrogen-bond acceptors (Lipinski definition) is 6. The number of rotatable bonds is 8. The monoisotopic (exact) mass is 526 g/mol. The first kappa shape index (κ1) is 26.2. The SMILES string of the molecule is C/C=C/C(=O)CCCC(=O)N1CCN(c2ccc(-c3ccnc4ccc(/C=C5/CNCS5)cc34)cc2)CC1. The number of pyridine rings is 1. The Morgan fingerprint density at radius 3 is 2.58 bits per heavy atom. The minimum Gasteiger partial charge on any atom is -0.368 e. The largest absolute Gasteiger partial charge is 0.368 e. The number of anilines is 1. The van der Waals surface area contributed by atoms with Gasteiger partial charge in [0.05, 0.1) is 5.52 Å². The Kier molecular flexibility index (Phi) is 8.56. The van der Waals surface area contributed by atoms with Crippen LogP contribution in [0.5, 0.6) is 0 Å². The highest BCUT2D eigenvalue weighted by Gasteiger charge is 2.21. The van der Waals surface area contributed by atoms with E-state index in [2.05, 4.69) is 69.8 Å². The first-order valence-electron chi connectivity index (χ1n) is 13.3. The van der Waals surface area contributed by atoms with Crippen LogP contribution in [0.15, 0.2) is 71.8 Å². The van der Waals surface area contributed by atoms with Crippen molar-refractivity contribution in [3.8, 4) is 11.1 Å². The number of piperazine rings is 1. The third-order valence-corrected chi connectivity index (χ3v) is 8.08. The van der Waals surface area contributed by atoms with Gasteiger partial charge in [-0.2, -0.15) is 0 Å². The molecular formula is C31H34N4O2S. The average molecular weight is 527 g/mol. The van der Waals surface area contributed by atoms with Crippen LogP contribution >= 0.6 is 11.8 Å². The minimum absolute atomic E-state index is 0.0897. The van der Waals surface area contributed by atoms with Gasteiger partial charge in [-0.1, -0.05) is 24.3 Å². The van der Waals surface area contributed by atoms with E-state index in [-0.39, 0.29) is 11.7 Å². The Morgan fingerprint density at radius 1 is 1.03 bits per heavy atom. The second-order valence-electron chi connectivity index (χ2n) is 9.70. The summed E-state index contributed by atoms with van der Waals surface area (Å²) < 4.78 is 0. The van der Waals surface area contributed by atoms with Crippen LogP contribution in [0.25, 0.3) is 28.1 Å². The maximum absolute atomic E-state index is 12.6. The molecule has 38 heavy (non-hydrogen) atoms. The van der Waals surface area contributed by atoms with Crippen LogP contribution in [0.4, 0.5) is 5.69 Å². The second kappa shape index (κ2) is 12.4. The lowest BCUT2D eigenvalue weighted by molar-refractivity contribution is -0.131. The molecule has 0 radical (unpaired) electrons. The molecule has 196 valence electrons. The number of thioether (sulfide) groups is 1. The maximum atomic E-state index is 12.6. The van der Waals surface area contributed by atoms with E-state index in [9.17, 15) is 9.59 Å². The normalized spacial score (nSPS) is 17.1. The van der Waals surface area contributed by atoms with E-state index in [1.54, 1.807) is 12.2 Å². The van der Waals surface area contributed by atoms with Gasteiger partial charge in [0.2, 0.25) is 5.91 Å². The Labute approximate surface area is 228 Å². The number of allylic oxidation sites excluding steroid dienone is 2. The third-order valence-electron chi connectivity index (χ3n) is 7.09. The van der Waals surface area contributed by atoms with Gasteiger partial charge in [-0.25, -0.2) is 0 Å². The van der Waals surface area contributed by atoms with E-state index >= 15 is 0 Å². The smallest absolute Gasteiger partial charge is 0.222 e. The molecule has 0 bridgehead atoms. The predicted molar refractivity (Wildman–Crippen MR) is 158 cm³/mol. The molecule has 0 unspecified atom stereocenters. The zero-order valence-corrected chi connectivity index (χ0v) is 22.7. The van der Waals surface area contributed by atoms with Crippen molar-refractivity contribution in [3.63, 3.8) is 0 Å². The quantitative estimate of drug-likeness (QED) is 0.391. The van der Waals surface area contributed by atoms with Crippen molar-refractivity contribution < 1.29 is 9.59 Å². The second-order valence-corrected chi connectivity index (χ2v) is 10.8. The lowest BCUT2D eigenvalue weighted by atomic mass is 9.99. The summed E-state index contributed by atoms with van der Waals surface area (Å²) in [5, 5.41) is 4.53. The van der Waals surface area contributed by atoms with Gasteiger partial charge < -0.3 is 15.1 Å². The molecule has 1 amide bonds. The van der Waals surface area contributed by atoms with E-state index < -0.39 is 0 Å². The van der Waals surface area contributed by atoms with Gasteiger partial charge in [0, 0.05) is 73.6 Å². The van der Waals surface area contributed by atoms with E-state index in [0.717, 1.165) is 36.4 Å². The molecule has 2 aliphatic heterocycles. The third kappa shape index (κ3) is 6.34. The molecule has 0 saturated carbocycles. The van der Waals surface area contributed by atoms with Crippen LogP contribution in [0.1, 0.15) is 31.7 Å². The van der Waals surface area contributed by atoms with Crippen LogP contribution in [-0.2, 0) is 9.59 Å². The molecule has 5 rings (SSSR count). The molecule has 0 aliphatic carbocycles. The summed E-state index contributed by atoms with van der Waals surface area (Å²) >= 11 is 1.86. The number of carbonyl (C=O) groups excluding carboxylic acids is 2. The summed E-state index contributed by atoms with van der Waals surface area (Å²) in [5.74, 6) is 1.21. The summed E-state index contributed by atoms with van der Waals surface area (Å²) in [5.41, 5.74) is 5.73. The molecule has 2 saturated heterocycles. The Hall–Kier alpha value is -3.42. The number of hydrogen-bond donors (Lipinski definition) is 1. The highest BCUT2D eigenvalue weighted by Crippen LogP contribution is 2.31. The highest BCUT2D eigenvalue weighted by molar-refractivity contribution is 8.03. The lowest BCUT2D eigenvalue weighted by Crippen LogP contribution is -2.48. The summed E-state index contributed by atoms with van der Waals surface area (Å²) in [6, 6.07) is 17.3. The van der Waals surface area contributed by atoms with Gasteiger partial charge in [0.25, 0.3) is 0 Å². The molecule has 2 fully saturated rings. The first-order chi connectivity index (χ1) is 18.6. The van der Waals surface area contributed by atoms with Crippen molar-refractivity contribution in [3.05, 3.63) is 77.3 Å². The topological polar surface area (TPSA) is 65.5 Å². The van der Waals surface area contributed by atoms with Gasteiger partial charge >= 0.3 is 0 Å². The van der Waals surface area contributed by atoms with E-state index in [4.69, 9.17) is 0 Å². The lowest BCUT2D eigenvalue weighted by Gasteiger charge is -2.36. The van der Waals surface area contributed by atoms with Crippen LogP contribution in [0.3, 0.4) is 0 Å². The van der Waals surface area contributed by atoms with E-state index in [1.807, 2.05) is 29.8 Å². The molecule has 0 spiro atoms. The zero-order chi connectivity index (χ0) is 26.3. The standard InChI is InChI=1S/C31H34N4O2S/c1-2-4-26(36)5-3-6-31(37)35-17-15-34(16-18-35)25-10-8-24(9-11-25)28-13-14-33-30-12-7-23(20-29(28)30)19-27-21-32-22-38-27/h2,4,7-14,19-20,32H,3,5-6,15-18,21-22H2,1H3/b4-2+,27-19-. The number of nitrogens with zero attached hydrogens (tertiary/aromatic N) is 3. The first-order valence-corrected chi connectivity index (χ1v) is 14.3. The Balaban J connectivity index is 1.22. The molecule has 6 nitrogen and oxygen atoms in total. The van der Waals surface area contributed by atoms with Gasteiger partial charge in [0.15, 0.2) is 5.78 Å². The number of carbonyl (C=O) groups is 2. The molecule has 2 aromatic carbocycles. The van der Waals surface area contributed by atoms with Gasteiger partial charge in [-0.15, -0.1) is 11.8 Å². The molecule has 2 aliphatic rings. The number of nitrogens with one attached hydrogen (secondary N) is 1. The summed E-state index contributed by atoms with van der Waals surface area (Å²) in [7, 11) is 0. The molecule has 1 N–H and O–H groups in total. The predicted octanol–water partition coefficient (Wildman–Crippen LogP) is 5.50. The van der Waals surface area contributed by atoms with Crippen LogP contribution in [-0.4, -0.2) is 60.2 Å². The van der Waals surface area contributed by atoms with Crippen molar-refractivity contribution in [2.45, 2.75) is 26.2 Å². The molecule has 1 aromatic heterocycles. The summed E-state index contributed by atoms with van der Waals surface area (Å²) in [4.78, 5) is 34.4. The van der Waals surface area contributed by atoms with Gasteiger partial charge in [-0.3, -0.25) is 14.6 Å².